The number of hydrogen-bond acceptors (Lipinski definition) is 2. The maximum absolute atomic E-state index is 11.0. The molecule has 0 spiro atoms. The standard InChI is InChI=1S/C10H18O2/c1-7(2)6-9-8(3)4-5-10(11)12-9/h7-9H,4-6H2,1-3H3/t8-,9?/m1/s1. The van der Waals surface area contributed by atoms with E-state index in [1.807, 2.05) is 0 Å². The van der Waals surface area contributed by atoms with Gasteiger partial charge in [0, 0.05) is 6.42 Å². The van der Waals surface area contributed by atoms with Gasteiger partial charge >= 0.3 is 5.97 Å². The highest BCUT2D eigenvalue weighted by Gasteiger charge is 2.27. The molecule has 0 N–H and O–H groups in total. The van der Waals surface area contributed by atoms with Gasteiger partial charge in [-0.2, -0.15) is 0 Å². The van der Waals surface area contributed by atoms with Crippen LogP contribution < -0.4 is 0 Å². The molecule has 1 aliphatic heterocycles. The molecule has 70 valence electrons. The van der Waals surface area contributed by atoms with Crippen molar-refractivity contribution in [3.8, 4) is 0 Å². The Morgan fingerprint density at radius 1 is 1.58 bits per heavy atom. The van der Waals surface area contributed by atoms with Gasteiger partial charge in [-0.05, 0) is 24.7 Å². The smallest absolute Gasteiger partial charge is 0.306 e. The van der Waals surface area contributed by atoms with E-state index in [2.05, 4.69) is 20.8 Å². The van der Waals surface area contributed by atoms with Crippen LogP contribution in [-0.2, 0) is 9.53 Å². The van der Waals surface area contributed by atoms with Crippen molar-refractivity contribution in [1.29, 1.82) is 0 Å². The summed E-state index contributed by atoms with van der Waals surface area (Å²) in [7, 11) is 0. The Labute approximate surface area is 74.3 Å². The highest BCUT2D eigenvalue weighted by atomic mass is 16.5. The Morgan fingerprint density at radius 2 is 2.25 bits per heavy atom. The first-order valence-electron chi connectivity index (χ1n) is 4.79. The van der Waals surface area contributed by atoms with Crippen molar-refractivity contribution in [2.45, 2.75) is 46.1 Å². The zero-order valence-electron chi connectivity index (χ0n) is 8.17. The summed E-state index contributed by atoms with van der Waals surface area (Å²) in [6.07, 6.45) is 2.78. The largest absolute Gasteiger partial charge is 0.462 e. The molecule has 1 aliphatic rings. The van der Waals surface area contributed by atoms with Gasteiger partial charge in [-0.25, -0.2) is 0 Å². The van der Waals surface area contributed by atoms with Crippen LogP contribution in [0, 0.1) is 11.8 Å². The fourth-order valence-corrected chi connectivity index (χ4v) is 1.62. The summed E-state index contributed by atoms with van der Waals surface area (Å²) in [5.74, 6) is 1.15. The number of ether oxygens (including phenoxy) is 1. The van der Waals surface area contributed by atoms with Gasteiger partial charge < -0.3 is 4.74 Å². The van der Waals surface area contributed by atoms with E-state index in [-0.39, 0.29) is 12.1 Å². The van der Waals surface area contributed by atoms with Crippen LogP contribution in [0.4, 0.5) is 0 Å². The van der Waals surface area contributed by atoms with Crippen LogP contribution in [0.15, 0.2) is 0 Å². The molecule has 0 bridgehead atoms. The minimum absolute atomic E-state index is 0.0150. The van der Waals surface area contributed by atoms with Gasteiger partial charge in [0.15, 0.2) is 0 Å². The molecule has 1 saturated heterocycles. The van der Waals surface area contributed by atoms with Crippen molar-refractivity contribution in [3.63, 3.8) is 0 Å². The molecule has 2 nitrogen and oxygen atoms in total. The lowest BCUT2D eigenvalue weighted by atomic mass is 9.90. The lowest BCUT2D eigenvalue weighted by molar-refractivity contribution is -0.158. The Balaban J connectivity index is 2.43. The Morgan fingerprint density at radius 3 is 2.83 bits per heavy atom. The van der Waals surface area contributed by atoms with E-state index < -0.39 is 0 Å². The van der Waals surface area contributed by atoms with Crippen LogP contribution in [-0.4, -0.2) is 12.1 Å². The van der Waals surface area contributed by atoms with E-state index >= 15 is 0 Å². The first-order chi connectivity index (χ1) is 5.59. The molecule has 2 atom stereocenters. The predicted octanol–water partition coefficient (Wildman–Crippen LogP) is 2.37. The molecule has 0 aliphatic carbocycles. The normalized spacial score (nSPS) is 30.5. The first kappa shape index (κ1) is 9.56. The van der Waals surface area contributed by atoms with E-state index in [1.54, 1.807) is 0 Å². The Hall–Kier alpha value is -0.530. The molecule has 0 aromatic heterocycles. The van der Waals surface area contributed by atoms with Crippen molar-refractivity contribution < 1.29 is 9.53 Å². The molecule has 0 amide bonds. The summed E-state index contributed by atoms with van der Waals surface area (Å²) in [5, 5.41) is 0. The van der Waals surface area contributed by atoms with Gasteiger partial charge in [0.1, 0.15) is 6.10 Å². The summed E-state index contributed by atoms with van der Waals surface area (Å²) < 4.78 is 5.27. The fourth-order valence-electron chi connectivity index (χ4n) is 1.62. The molecular weight excluding hydrogens is 152 g/mol. The third-order valence-corrected chi connectivity index (χ3v) is 2.43. The second kappa shape index (κ2) is 3.92. The molecule has 1 fully saturated rings. The van der Waals surface area contributed by atoms with Crippen molar-refractivity contribution in [2.75, 3.05) is 0 Å². The monoisotopic (exact) mass is 170 g/mol. The number of esters is 1. The third-order valence-electron chi connectivity index (χ3n) is 2.43. The Bertz CT molecular complexity index is 163. The molecule has 0 aromatic rings. The summed E-state index contributed by atoms with van der Waals surface area (Å²) in [4.78, 5) is 11.0. The van der Waals surface area contributed by atoms with E-state index in [4.69, 9.17) is 4.74 Å². The van der Waals surface area contributed by atoms with Gasteiger partial charge in [0.2, 0.25) is 0 Å². The molecule has 12 heavy (non-hydrogen) atoms. The van der Waals surface area contributed by atoms with Crippen LogP contribution >= 0.6 is 0 Å². The predicted molar refractivity (Wildman–Crippen MR) is 47.7 cm³/mol. The minimum Gasteiger partial charge on any atom is -0.462 e. The van der Waals surface area contributed by atoms with E-state index in [0.29, 0.717) is 18.3 Å². The zero-order chi connectivity index (χ0) is 9.14. The van der Waals surface area contributed by atoms with Gasteiger partial charge in [-0.3, -0.25) is 4.79 Å². The second-order valence-electron chi connectivity index (χ2n) is 4.17. The highest BCUT2D eigenvalue weighted by Crippen LogP contribution is 2.25. The van der Waals surface area contributed by atoms with Gasteiger partial charge in [-0.1, -0.05) is 20.8 Å². The quantitative estimate of drug-likeness (QED) is 0.595. The lowest BCUT2D eigenvalue weighted by Crippen LogP contribution is -2.31. The zero-order valence-corrected chi connectivity index (χ0v) is 8.17. The highest BCUT2D eigenvalue weighted by molar-refractivity contribution is 5.70. The minimum atomic E-state index is -0.0150. The van der Waals surface area contributed by atoms with Crippen molar-refractivity contribution in [1.82, 2.24) is 0 Å². The molecule has 1 heterocycles. The first-order valence-corrected chi connectivity index (χ1v) is 4.79. The molecule has 2 heteroatoms. The summed E-state index contributed by atoms with van der Waals surface area (Å²) in [5.41, 5.74) is 0. The molecule has 0 aromatic carbocycles. The summed E-state index contributed by atoms with van der Waals surface area (Å²) in [6.45, 7) is 6.49. The molecule has 1 rings (SSSR count). The topological polar surface area (TPSA) is 26.3 Å². The van der Waals surface area contributed by atoms with Gasteiger partial charge in [0.05, 0.1) is 0 Å². The summed E-state index contributed by atoms with van der Waals surface area (Å²) >= 11 is 0. The summed E-state index contributed by atoms with van der Waals surface area (Å²) in [6, 6.07) is 0. The van der Waals surface area contributed by atoms with Crippen molar-refractivity contribution >= 4 is 5.97 Å². The number of carbonyl (C=O) groups is 1. The van der Waals surface area contributed by atoms with E-state index in [1.165, 1.54) is 0 Å². The molecular formula is C10H18O2. The molecule has 0 radical (unpaired) electrons. The average molecular weight is 170 g/mol. The van der Waals surface area contributed by atoms with Crippen LogP contribution in [0.2, 0.25) is 0 Å². The van der Waals surface area contributed by atoms with Crippen LogP contribution in [0.3, 0.4) is 0 Å². The maximum atomic E-state index is 11.0. The fraction of sp³-hybridized carbons (Fsp3) is 0.900. The molecule has 0 saturated carbocycles. The van der Waals surface area contributed by atoms with E-state index in [0.717, 1.165) is 12.8 Å². The number of cyclic esters (lactones) is 1. The number of rotatable bonds is 2. The van der Waals surface area contributed by atoms with Crippen molar-refractivity contribution in [2.24, 2.45) is 11.8 Å². The third kappa shape index (κ3) is 2.50. The van der Waals surface area contributed by atoms with Gasteiger partial charge in [-0.15, -0.1) is 0 Å². The number of hydrogen-bond donors (Lipinski definition) is 0. The van der Waals surface area contributed by atoms with Crippen LogP contribution in [0.5, 0.6) is 0 Å². The second-order valence-corrected chi connectivity index (χ2v) is 4.17. The van der Waals surface area contributed by atoms with Gasteiger partial charge in [0.25, 0.3) is 0 Å². The maximum Gasteiger partial charge on any atom is 0.306 e. The van der Waals surface area contributed by atoms with Crippen LogP contribution in [0.25, 0.3) is 0 Å². The number of carbonyl (C=O) groups excluding carboxylic acids is 1. The SMILES string of the molecule is CC(C)CC1OC(=O)CC[C@H]1C. The average Bonchev–Trinajstić information content (AvgIpc) is 1.96. The Kier molecular flexibility index (Phi) is 3.12. The van der Waals surface area contributed by atoms with Crippen molar-refractivity contribution in [3.05, 3.63) is 0 Å². The molecule has 1 unspecified atom stereocenters. The van der Waals surface area contributed by atoms with E-state index in [9.17, 15) is 4.79 Å². The van der Waals surface area contributed by atoms with Crippen LogP contribution in [0.1, 0.15) is 40.0 Å². The lowest BCUT2D eigenvalue weighted by Gasteiger charge is -2.29.